The van der Waals surface area contributed by atoms with Crippen molar-refractivity contribution < 1.29 is 9.29 Å². The predicted octanol–water partition coefficient (Wildman–Crippen LogP) is 1.43. The highest BCUT2D eigenvalue weighted by molar-refractivity contribution is 7.93. The molecule has 0 fully saturated rings. The molecule has 0 aliphatic heterocycles. The molecule has 1 rings (SSSR count). The van der Waals surface area contributed by atoms with E-state index in [1.165, 1.54) is 0 Å². The molecule has 0 bridgehead atoms. The average molecular weight is 216 g/mol. The summed E-state index contributed by atoms with van der Waals surface area (Å²) in [5.41, 5.74) is 11.1. The second kappa shape index (κ2) is 8.83. The van der Waals surface area contributed by atoms with Gasteiger partial charge in [-0.2, -0.15) is 0 Å². The molecule has 5 N–H and O–H groups in total. The number of nitrogens with two attached hydrogens (primary N) is 2. The summed E-state index contributed by atoms with van der Waals surface area (Å²) < 4.78 is 13.1. The summed E-state index contributed by atoms with van der Waals surface area (Å²) in [6.07, 6.45) is 0. The first kappa shape index (κ1) is 13.2. The Labute approximate surface area is 88.5 Å². The SMILES string of the molecule is COCCN.Nc1cccc(SO)c1. The largest absolute Gasteiger partial charge is 0.399 e. The van der Waals surface area contributed by atoms with Crippen LogP contribution in [0.15, 0.2) is 29.2 Å². The minimum Gasteiger partial charge on any atom is -0.399 e. The number of benzene rings is 1. The van der Waals surface area contributed by atoms with Gasteiger partial charge in [-0.25, -0.2) is 0 Å². The zero-order valence-corrected chi connectivity index (χ0v) is 8.96. The summed E-state index contributed by atoms with van der Waals surface area (Å²) in [6, 6.07) is 7.08. The first-order valence-corrected chi connectivity index (χ1v) is 4.88. The van der Waals surface area contributed by atoms with Crippen molar-refractivity contribution in [3.05, 3.63) is 24.3 Å². The topological polar surface area (TPSA) is 81.5 Å². The molecule has 14 heavy (non-hydrogen) atoms. The summed E-state index contributed by atoms with van der Waals surface area (Å²) in [7, 11) is 1.63. The molecule has 0 heterocycles. The monoisotopic (exact) mass is 216 g/mol. The number of hydrogen-bond donors (Lipinski definition) is 3. The lowest BCUT2D eigenvalue weighted by Crippen LogP contribution is -2.05. The van der Waals surface area contributed by atoms with E-state index < -0.39 is 0 Å². The van der Waals surface area contributed by atoms with Crippen molar-refractivity contribution in [3.8, 4) is 0 Å². The second-order valence-corrected chi connectivity index (χ2v) is 3.10. The summed E-state index contributed by atoms with van der Waals surface area (Å²) in [5, 5.41) is 0. The number of methoxy groups -OCH3 is 1. The van der Waals surface area contributed by atoms with Gasteiger partial charge in [-0.15, -0.1) is 0 Å². The first-order valence-electron chi connectivity index (χ1n) is 4.10. The molecule has 0 radical (unpaired) electrons. The van der Waals surface area contributed by atoms with Gasteiger partial charge in [0.05, 0.1) is 6.61 Å². The molecule has 0 atom stereocenters. The second-order valence-electron chi connectivity index (χ2n) is 2.45. The summed E-state index contributed by atoms with van der Waals surface area (Å²) in [4.78, 5) is 0.773. The third-order valence-electron chi connectivity index (χ3n) is 1.29. The predicted molar refractivity (Wildman–Crippen MR) is 60.3 cm³/mol. The number of nitrogen functional groups attached to an aromatic ring is 1. The average Bonchev–Trinajstić information content (AvgIpc) is 2.20. The van der Waals surface area contributed by atoms with Crippen LogP contribution in [0.1, 0.15) is 0 Å². The Bertz CT molecular complexity index is 244. The number of ether oxygens (including phenoxy) is 1. The molecule has 0 saturated carbocycles. The molecule has 80 valence electrons. The van der Waals surface area contributed by atoms with E-state index in [0.29, 0.717) is 30.9 Å². The molecule has 0 spiro atoms. The van der Waals surface area contributed by atoms with E-state index in [0.717, 1.165) is 4.90 Å². The number of rotatable bonds is 3. The lowest BCUT2D eigenvalue weighted by molar-refractivity contribution is 0.207. The Hall–Kier alpha value is -0.750. The van der Waals surface area contributed by atoms with Crippen LogP contribution in [0.4, 0.5) is 5.69 Å². The molecule has 4 nitrogen and oxygen atoms in total. The maximum Gasteiger partial charge on any atom is 0.0584 e. The van der Waals surface area contributed by atoms with Crippen LogP contribution >= 0.6 is 12.0 Å². The maximum absolute atomic E-state index is 8.52. The molecule has 0 amide bonds. The quantitative estimate of drug-likeness (QED) is 0.526. The van der Waals surface area contributed by atoms with E-state index in [-0.39, 0.29) is 0 Å². The van der Waals surface area contributed by atoms with Gasteiger partial charge in [0.25, 0.3) is 0 Å². The van der Waals surface area contributed by atoms with E-state index in [1.54, 1.807) is 31.4 Å². The summed E-state index contributed by atoms with van der Waals surface area (Å²) in [5.74, 6) is 0. The third kappa shape index (κ3) is 6.73. The molecule has 0 saturated heterocycles. The van der Waals surface area contributed by atoms with Gasteiger partial charge < -0.3 is 20.8 Å². The fraction of sp³-hybridized carbons (Fsp3) is 0.333. The van der Waals surface area contributed by atoms with Crippen molar-refractivity contribution in [2.45, 2.75) is 4.90 Å². The normalized spacial score (nSPS) is 9.07. The van der Waals surface area contributed by atoms with Crippen molar-refractivity contribution in [3.63, 3.8) is 0 Å². The van der Waals surface area contributed by atoms with Crippen molar-refractivity contribution in [2.75, 3.05) is 26.0 Å². The van der Waals surface area contributed by atoms with E-state index in [2.05, 4.69) is 4.74 Å². The minimum atomic E-state index is 0.622. The molecule has 0 unspecified atom stereocenters. The van der Waals surface area contributed by atoms with Crippen molar-refractivity contribution >= 4 is 17.7 Å². The highest BCUT2D eigenvalue weighted by Crippen LogP contribution is 2.15. The van der Waals surface area contributed by atoms with Gasteiger partial charge in [-0.1, -0.05) is 6.07 Å². The van der Waals surface area contributed by atoms with Crippen LogP contribution in [0.2, 0.25) is 0 Å². The van der Waals surface area contributed by atoms with Crippen LogP contribution in [0, 0.1) is 0 Å². The molecule has 0 aromatic heterocycles. The maximum atomic E-state index is 8.52. The Morgan fingerprint density at radius 1 is 1.50 bits per heavy atom. The molecule has 1 aromatic carbocycles. The fourth-order valence-electron chi connectivity index (χ4n) is 0.689. The Balaban J connectivity index is 0.000000292. The van der Waals surface area contributed by atoms with Crippen LogP contribution in [-0.4, -0.2) is 24.8 Å². The smallest absolute Gasteiger partial charge is 0.0584 e. The van der Waals surface area contributed by atoms with E-state index >= 15 is 0 Å². The van der Waals surface area contributed by atoms with E-state index in [4.69, 9.17) is 16.0 Å². The highest BCUT2D eigenvalue weighted by atomic mass is 32.2. The Morgan fingerprint density at radius 3 is 2.50 bits per heavy atom. The lowest BCUT2D eigenvalue weighted by atomic mass is 10.3. The number of anilines is 1. The highest BCUT2D eigenvalue weighted by Gasteiger charge is 1.88. The van der Waals surface area contributed by atoms with Gasteiger partial charge in [0.2, 0.25) is 0 Å². The molecular weight excluding hydrogens is 200 g/mol. The standard InChI is InChI=1S/C6H7NOS.C3H9NO/c7-5-2-1-3-6(4-5)9-8;1-5-3-2-4/h1-4,8H,7H2;2-4H2,1H3. The third-order valence-corrected chi connectivity index (χ3v) is 1.75. The Kier molecular flexibility index (Phi) is 8.36. The summed E-state index contributed by atoms with van der Waals surface area (Å²) in [6.45, 7) is 1.29. The van der Waals surface area contributed by atoms with Crippen LogP contribution in [0.5, 0.6) is 0 Å². The molecule has 5 heteroatoms. The van der Waals surface area contributed by atoms with E-state index in [9.17, 15) is 0 Å². The van der Waals surface area contributed by atoms with Crippen molar-refractivity contribution in [2.24, 2.45) is 5.73 Å². The van der Waals surface area contributed by atoms with Gasteiger partial charge in [-0.05, 0) is 18.2 Å². The lowest BCUT2D eigenvalue weighted by Gasteiger charge is -1.93. The minimum absolute atomic E-state index is 0.622. The van der Waals surface area contributed by atoms with Crippen LogP contribution in [0.3, 0.4) is 0 Å². The number of hydrogen-bond acceptors (Lipinski definition) is 5. The van der Waals surface area contributed by atoms with E-state index in [1.807, 2.05) is 0 Å². The van der Waals surface area contributed by atoms with Gasteiger partial charge in [0, 0.05) is 36.3 Å². The van der Waals surface area contributed by atoms with Gasteiger partial charge in [0.1, 0.15) is 0 Å². The fourth-order valence-corrected chi connectivity index (χ4v) is 1.02. The van der Waals surface area contributed by atoms with Crippen LogP contribution in [-0.2, 0) is 4.74 Å². The molecular formula is C9H16N2O2S. The zero-order valence-electron chi connectivity index (χ0n) is 8.14. The molecule has 1 aromatic rings. The Morgan fingerprint density at radius 2 is 2.21 bits per heavy atom. The zero-order chi connectivity index (χ0) is 10.8. The van der Waals surface area contributed by atoms with Crippen molar-refractivity contribution in [1.29, 1.82) is 0 Å². The first-order chi connectivity index (χ1) is 6.74. The van der Waals surface area contributed by atoms with Gasteiger partial charge >= 0.3 is 0 Å². The van der Waals surface area contributed by atoms with Gasteiger partial charge in [-0.3, -0.25) is 0 Å². The summed E-state index contributed by atoms with van der Waals surface area (Å²) >= 11 is 0.703. The van der Waals surface area contributed by atoms with Crippen LogP contribution in [0.25, 0.3) is 0 Å². The van der Waals surface area contributed by atoms with Crippen LogP contribution < -0.4 is 11.5 Å². The molecule has 0 aliphatic carbocycles. The van der Waals surface area contributed by atoms with Crippen molar-refractivity contribution in [1.82, 2.24) is 0 Å². The van der Waals surface area contributed by atoms with Gasteiger partial charge in [0.15, 0.2) is 0 Å². The molecule has 0 aliphatic rings.